The Bertz CT molecular complexity index is 750. The van der Waals surface area contributed by atoms with E-state index in [4.69, 9.17) is 9.47 Å². The third kappa shape index (κ3) is 1.01. The number of hydrogen-bond donors (Lipinski definition) is 0. The van der Waals surface area contributed by atoms with Crippen LogP contribution >= 0.6 is 0 Å². The van der Waals surface area contributed by atoms with E-state index in [1.165, 1.54) is 0 Å². The van der Waals surface area contributed by atoms with Gasteiger partial charge >= 0.3 is 0 Å². The van der Waals surface area contributed by atoms with Crippen molar-refractivity contribution in [3.8, 4) is 22.6 Å². The molecule has 2 aromatic rings. The Morgan fingerprint density at radius 3 is 2.61 bits per heavy atom. The summed E-state index contributed by atoms with van der Waals surface area (Å²) in [7, 11) is 0. The first-order valence-corrected chi connectivity index (χ1v) is 5.93. The second-order valence-electron chi connectivity index (χ2n) is 4.91. The molecule has 1 heterocycles. The largest absolute Gasteiger partial charge is 0.454 e. The Morgan fingerprint density at radius 1 is 1.11 bits per heavy atom. The summed E-state index contributed by atoms with van der Waals surface area (Å²) in [4.78, 5) is 23.3. The van der Waals surface area contributed by atoms with Crippen LogP contribution in [-0.2, 0) is 6.42 Å². The third-order valence-corrected chi connectivity index (χ3v) is 3.83. The van der Waals surface area contributed by atoms with Crippen molar-refractivity contribution < 1.29 is 9.47 Å². The summed E-state index contributed by atoms with van der Waals surface area (Å²) in [6.45, 7) is 2.19. The number of rotatable bonds is 0. The molecule has 4 heteroatoms. The van der Waals surface area contributed by atoms with Crippen molar-refractivity contribution in [2.45, 2.75) is 19.3 Å². The third-order valence-electron chi connectivity index (χ3n) is 3.83. The smallest absolute Gasteiger partial charge is 0.234 e. The van der Waals surface area contributed by atoms with Crippen LogP contribution in [0.5, 0.6) is 11.5 Å². The predicted octanol–water partition coefficient (Wildman–Crippen LogP) is 1.34. The van der Waals surface area contributed by atoms with E-state index in [0.29, 0.717) is 16.9 Å². The van der Waals surface area contributed by atoms with E-state index in [2.05, 4.69) is 0 Å². The van der Waals surface area contributed by atoms with Crippen molar-refractivity contribution in [1.82, 2.24) is 0 Å². The van der Waals surface area contributed by atoms with E-state index in [0.717, 1.165) is 23.3 Å². The molecule has 1 unspecified atom stereocenters. The average Bonchev–Trinajstić information content (AvgIpc) is 2.80. The van der Waals surface area contributed by atoms with Gasteiger partial charge in [0.15, 0.2) is 11.5 Å². The normalized spacial score (nSPS) is 19.7. The number of ether oxygens (including phenoxy) is 2. The van der Waals surface area contributed by atoms with Gasteiger partial charge in [-0.3, -0.25) is 9.59 Å². The van der Waals surface area contributed by atoms with Crippen LogP contribution in [0.3, 0.4) is 0 Å². The van der Waals surface area contributed by atoms with Crippen LogP contribution in [0.2, 0.25) is 0 Å². The molecule has 1 atom stereocenters. The van der Waals surface area contributed by atoms with Crippen LogP contribution in [0.1, 0.15) is 24.0 Å². The molecule has 4 rings (SSSR count). The van der Waals surface area contributed by atoms with E-state index in [1.54, 1.807) is 0 Å². The standard InChI is InChI=1S/C14H10O4/c1-6-2-7-3-9-10(18-5-17-9)4-8(7)12-11(6)13(15)14(12)16/h3-4,6H,2,5H2,1H3. The van der Waals surface area contributed by atoms with Gasteiger partial charge in [-0.15, -0.1) is 0 Å². The van der Waals surface area contributed by atoms with Crippen LogP contribution in [0, 0.1) is 0 Å². The first-order chi connectivity index (χ1) is 8.66. The molecule has 4 nitrogen and oxygen atoms in total. The fourth-order valence-corrected chi connectivity index (χ4v) is 2.96. The monoisotopic (exact) mass is 242 g/mol. The van der Waals surface area contributed by atoms with Gasteiger partial charge in [0.1, 0.15) is 0 Å². The SMILES string of the molecule is CC1Cc2cc3c(cc2-c2c1c(=O)c2=O)OCO3. The quantitative estimate of drug-likeness (QED) is 0.654. The summed E-state index contributed by atoms with van der Waals surface area (Å²) in [6, 6.07) is 3.75. The molecule has 2 aromatic carbocycles. The molecule has 2 aliphatic rings. The van der Waals surface area contributed by atoms with E-state index < -0.39 is 0 Å². The lowest BCUT2D eigenvalue weighted by Crippen LogP contribution is -2.40. The van der Waals surface area contributed by atoms with Crippen molar-refractivity contribution in [1.29, 1.82) is 0 Å². The molecule has 0 saturated carbocycles. The fraction of sp³-hybridized carbons (Fsp3) is 0.286. The van der Waals surface area contributed by atoms with Crippen LogP contribution in [-0.4, -0.2) is 6.79 Å². The van der Waals surface area contributed by atoms with Gasteiger partial charge in [-0.05, 0) is 35.6 Å². The molecule has 90 valence electrons. The lowest BCUT2D eigenvalue weighted by Gasteiger charge is -2.26. The zero-order chi connectivity index (χ0) is 12.4. The number of fused-ring (bicyclic) bond motifs is 4. The summed E-state index contributed by atoms with van der Waals surface area (Å²) in [6.07, 6.45) is 0.768. The second kappa shape index (κ2) is 3.02. The van der Waals surface area contributed by atoms with Crippen molar-refractivity contribution in [2.24, 2.45) is 0 Å². The Hall–Kier alpha value is -2.10. The Labute approximate surface area is 102 Å². The van der Waals surface area contributed by atoms with Gasteiger partial charge in [0.05, 0.1) is 0 Å². The Morgan fingerprint density at radius 2 is 1.83 bits per heavy atom. The minimum absolute atomic E-state index is 0.109. The Kier molecular flexibility index (Phi) is 1.66. The molecule has 0 fully saturated rings. The minimum Gasteiger partial charge on any atom is -0.454 e. The van der Waals surface area contributed by atoms with E-state index in [1.807, 2.05) is 19.1 Å². The summed E-state index contributed by atoms with van der Waals surface area (Å²) < 4.78 is 10.7. The van der Waals surface area contributed by atoms with Gasteiger partial charge < -0.3 is 9.47 Å². The van der Waals surface area contributed by atoms with Crippen LogP contribution in [0.4, 0.5) is 0 Å². The zero-order valence-corrected chi connectivity index (χ0v) is 9.78. The maximum absolute atomic E-state index is 11.7. The topological polar surface area (TPSA) is 52.6 Å². The number of hydrogen-bond acceptors (Lipinski definition) is 4. The molecule has 0 saturated heterocycles. The lowest BCUT2D eigenvalue weighted by molar-refractivity contribution is 0.174. The Balaban J connectivity index is 2.02. The lowest BCUT2D eigenvalue weighted by atomic mass is 9.76. The molecular weight excluding hydrogens is 232 g/mol. The summed E-state index contributed by atoms with van der Waals surface area (Å²) in [5.41, 5.74) is 2.50. The molecule has 0 spiro atoms. The number of benzene rings is 1. The zero-order valence-electron chi connectivity index (χ0n) is 9.78. The predicted molar refractivity (Wildman–Crippen MR) is 65.0 cm³/mol. The van der Waals surface area contributed by atoms with Crippen LogP contribution in [0.25, 0.3) is 11.1 Å². The fourth-order valence-electron chi connectivity index (χ4n) is 2.96. The second-order valence-corrected chi connectivity index (χ2v) is 4.91. The van der Waals surface area contributed by atoms with Crippen molar-refractivity contribution in [3.05, 3.63) is 43.7 Å². The highest BCUT2D eigenvalue weighted by Crippen LogP contribution is 2.44. The minimum atomic E-state index is -0.364. The van der Waals surface area contributed by atoms with Crippen molar-refractivity contribution >= 4 is 0 Å². The first kappa shape index (κ1) is 9.88. The van der Waals surface area contributed by atoms with Crippen LogP contribution in [0.15, 0.2) is 21.7 Å². The van der Waals surface area contributed by atoms with E-state index in [-0.39, 0.29) is 23.6 Å². The summed E-state index contributed by atoms with van der Waals surface area (Å²) in [5.74, 6) is 1.49. The van der Waals surface area contributed by atoms with Gasteiger partial charge in [-0.1, -0.05) is 6.92 Å². The van der Waals surface area contributed by atoms with Gasteiger partial charge in [-0.2, -0.15) is 0 Å². The van der Waals surface area contributed by atoms with Crippen molar-refractivity contribution in [3.63, 3.8) is 0 Å². The maximum atomic E-state index is 11.7. The summed E-state index contributed by atoms with van der Waals surface area (Å²) in [5, 5.41) is 0. The first-order valence-electron chi connectivity index (χ1n) is 5.93. The van der Waals surface area contributed by atoms with E-state index in [9.17, 15) is 9.59 Å². The molecule has 0 radical (unpaired) electrons. The highest BCUT2D eigenvalue weighted by atomic mass is 16.7. The highest BCUT2D eigenvalue weighted by Gasteiger charge is 2.33. The highest BCUT2D eigenvalue weighted by molar-refractivity contribution is 5.79. The van der Waals surface area contributed by atoms with Crippen LogP contribution < -0.4 is 20.3 Å². The van der Waals surface area contributed by atoms with Crippen molar-refractivity contribution in [2.75, 3.05) is 6.79 Å². The average molecular weight is 242 g/mol. The molecule has 0 bridgehead atoms. The van der Waals surface area contributed by atoms with Gasteiger partial charge in [-0.25, -0.2) is 0 Å². The molecule has 0 N–H and O–H groups in total. The summed E-state index contributed by atoms with van der Waals surface area (Å²) >= 11 is 0. The van der Waals surface area contributed by atoms with Gasteiger partial charge in [0.2, 0.25) is 17.7 Å². The molecule has 0 aromatic heterocycles. The van der Waals surface area contributed by atoms with Gasteiger partial charge in [0, 0.05) is 11.1 Å². The van der Waals surface area contributed by atoms with Gasteiger partial charge in [0.25, 0.3) is 0 Å². The molecule has 1 aliphatic carbocycles. The van der Waals surface area contributed by atoms with E-state index >= 15 is 0 Å². The molecular formula is C14H10O4. The molecule has 0 amide bonds. The maximum Gasteiger partial charge on any atom is 0.234 e. The molecule has 1 aliphatic heterocycles. The molecule has 18 heavy (non-hydrogen) atoms.